The number of carboxylic acid groups (broad SMARTS) is 1. The van der Waals surface area contributed by atoms with Crippen molar-refractivity contribution >= 4 is 17.1 Å². The Morgan fingerprint density at radius 2 is 1.91 bits per heavy atom. The number of hydrogen-bond donors (Lipinski definition) is 1. The Kier molecular flexibility index (Phi) is 2.94. The molecule has 0 aliphatic heterocycles. The number of aromatic nitrogens is 2. The standard InChI is InChI=1S/C17H10N2O4/c20-17(21)11-9-12(10-5-2-1-3-6-10)18-16-14(11)15(19-23-16)13-7-4-8-22-13/h1-9H,(H,20,21). The van der Waals surface area contributed by atoms with Crippen molar-refractivity contribution in [2.75, 3.05) is 0 Å². The van der Waals surface area contributed by atoms with Crippen LogP contribution in [0, 0.1) is 0 Å². The Bertz CT molecular complexity index is 988. The molecule has 6 heteroatoms. The highest BCUT2D eigenvalue weighted by Crippen LogP contribution is 2.32. The molecule has 1 N–H and O–H groups in total. The fourth-order valence-electron chi connectivity index (χ4n) is 2.46. The smallest absolute Gasteiger partial charge is 0.336 e. The number of furan rings is 1. The molecule has 0 aliphatic carbocycles. The average Bonchev–Trinajstić information content (AvgIpc) is 3.23. The number of fused-ring (bicyclic) bond motifs is 1. The van der Waals surface area contributed by atoms with Crippen LogP contribution in [0.15, 0.2) is 63.7 Å². The second-order valence-corrected chi connectivity index (χ2v) is 4.91. The lowest BCUT2D eigenvalue weighted by atomic mass is 10.0. The Balaban J connectivity index is 2.01. The van der Waals surface area contributed by atoms with E-state index in [9.17, 15) is 9.90 Å². The summed E-state index contributed by atoms with van der Waals surface area (Å²) >= 11 is 0. The van der Waals surface area contributed by atoms with Gasteiger partial charge in [0.1, 0.15) is 0 Å². The van der Waals surface area contributed by atoms with E-state index in [1.807, 2.05) is 30.3 Å². The molecule has 3 heterocycles. The van der Waals surface area contributed by atoms with E-state index in [0.29, 0.717) is 22.5 Å². The van der Waals surface area contributed by atoms with Crippen LogP contribution in [0.4, 0.5) is 0 Å². The van der Waals surface area contributed by atoms with Crippen LogP contribution in [0.1, 0.15) is 10.4 Å². The highest BCUT2D eigenvalue weighted by molar-refractivity contribution is 6.07. The second-order valence-electron chi connectivity index (χ2n) is 4.91. The predicted molar refractivity (Wildman–Crippen MR) is 81.9 cm³/mol. The lowest BCUT2D eigenvalue weighted by molar-refractivity contribution is 0.0699. The van der Waals surface area contributed by atoms with Crippen LogP contribution in [-0.2, 0) is 0 Å². The molecule has 6 nitrogen and oxygen atoms in total. The molecule has 0 radical (unpaired) electrons. The van der Waals surface area contributed by atoms with Gasteiger partial charge in [-0.25, -0.2) is 9.78 Å². The molecule has 0 saturated carbocycles. The largest absolute Gasteiger partial charge is 0.478 e. The van der Waals surface area contributed by atoms with E-state index in [-0.39, 0.29) is 11.3 Å². The molecule has 0 unspecified atom stereocenters. The molecule has 112 valence electrons. The Labute approximate surface area is 130 Å². The molecule has 0 amide bonds. The molecular weight excluding hydrogens is 296 g/mol. The molecule has 0 atom stereocenters. The van der Waals surface area contributed by atoms with Crippen LogP contribution in [0.25, 0.3) is 33.8 Å². The molecule has 4 rings (SSSR count). The Morgan fingerprint density at radius 1 is 1.09 bits per heavy atom. The maximum Gasteiger partial charge on any atom is 0.336 e. The van der Waals surface area contributed by atoms with Crippen LogP contribution in [0.5, 0.6) is 0 Å². The van der Waals surface area contributed by atoms with Crippen molar-refractivity contribution in [1.29, 1.82) is 0 Å². The fraction of sp³-hybridized carbons (Fsp3) is 0. The zero-order valence-corrected chi connectivity index (χ0v) is 11.8. The summed E-state index contributed by atoms with van der Waals surface area (Å²) < 4.78 is 10.5. The minimum Gasteiger partial charge on any atom is -0.478 e. The molecule has 0 saturated heterocycles. The van der Waals surface area contributed by atoms with Crippen LogP contribution >= 0.6 is 0 Å². The Hall–Kier alpha value is -3.41. The first-order valence-corrected chi connectivity index (χ1v) is 6.87. The summed E-state index contributed by atoms with van der Waals surface area (Å²) in [5, 5.41) is 13.8. The van der Waals surface area contributed by atoms with Crippen molar-refractivity contribution in [3.05, 3.63) is 60.4 Å². The zero-order chi connectivity index (χ0) is 15.8. The highest BCUT2D eigenvalue weighted by Gasteiger charge is 2.22. The fourth-order valence-corrected chi connectivity index (χ4v) is 2.46. The van der Waals surface area contributed by atoms with E-state index >= 15 is 0 Å². The van der Waals surface area contributed by atoms with Gasteiger partial charge in [0.2, 0.25) is 0 Å². The van der Waals surface area contributed by atoms with Gasteiger partial charge < -0.3 is 14.0 Å². The van der Waals surface area contributed by atoms with Crippen molar-refractivity contribution in [3.63, 3.8) is 0 Å². The Morgan fingerprint density at radius 3 is 2.61 bits per heavy atom. The summed E-state index contributed by atoms with van der Waals surface area (Å²) in [5.41, 5.74) is 1.87. The van der Waals surface area contributed by atoms with Crippen molar-refractivity contribution < 1.29 is 18.8 Å². The van der Waals surface area contributed by atoms with Crippen molar-refractivity contribution in [1.82, 2.24) is 10.1 Å². The zero-order valence-electron chi connectivity index (χ0n) is 11.8. The van der Waals surface area contributed by atoms with Gasteiger partial charge in [-0.15, -0.1) is 0 Å². The highest BCUT2D eigenvalue weighted by atomic mass is 16.5. The minimum absolute atomic E-state index is 0.0708. The van der Waals surface area contributed by atoms with Crippen molar-refractivity contribution in [2.45, 2.75) is 0 Å². The van der Waals surface area contributed by atoms with E-state index in [4.69, 9.17) is 8.94 Å². The van der Waals surface area contributed by atoms with Crippen LogP contribution in [0.3, 0.4) is 0 Å². The number of benzene rings is 1. The molecule has 3 aromatic heterocycles. The lowest BCUT2D eigenvalue weighted by Gasteiger charge is -2.03. The van der Waals surface area contributed by atoms with Crippen LogP contribution < -0.4 is 0 Å². The van der Waals surface area contributed by atoms with Crippen LogP contribution in [-0.4, -0.2) is 21.2 Å². The number of carboxylic acids is 1. The molecule has 0 aliphatic rings. The first kappa shape index (κ1) is 13.3. The van der Waals surface area contributed by atoms with Crippen molar-refractivity contribution in [3.8, 4) is 22.7 Å². The maximum atomic E-state index is 11.7. The summed E-state index contributed by atoms with van der Waals surface area (Å²) in [4.78, 5) is 16.1. The molecule has 23 heavy (non-hydrogen) atoms. The summed E-state index contributed by atoms with van der Waals surface area (Å²) in [6, 6.07) is 14.2. The normalized spacial score (nSPS) is 11.0. The van der Waals surface area contributed by atoms with Crippen molar-refractivity contribution in [2.24, 2.45) is 0 Å². The van der Waals surface area contributed by atoms with E-state index in [1.54, 1.807) is 12.1 Å². The molecule has 4 aromatic rings. The third-order valence-electron chi connectivity index (χ3n) is 3.50. The molecule has 1 aromatic carbocycles. The quantitative estimate of drug-likeness (QED) is 0.618. The first-order chi connectivity index (χ1) is 11.2. The number of rotatable bonds is 3. The van der Waals surface area contributed by atoms with E-state index in [0.717, 1.165) is 5.56 Å². The van der Waals surface area contributed by atoms with Gasteiger partial charge in [-0.3, -0.25) is 0 Å². The second kappa shape index (κ2) is 5.10. The average molecular weight is 306 g/mol. The SMILES string of the molecule is O=C(O)c1cc(-c2ccccc2)nc2onc(-c3ccco3)c12. The number of nitrogens with zero attached hydrogens (tertiary/aromatic N) is 2. The number of carbonyl (C=O) groups is 1. The third kappa shape index (κ3) is 2.17. The summed E-state index contributed by atoms with van der Waals surface area (Å²) in [6.45, 7) is 0. The van der Waals surface area contributed by atoms with Gasteiger partial charge in [0.15, 0.2) is 11.5 Å². The van der Waals surface area contributed by atoms with Crippen LogP contribution in [0.2, 0.25) is 0 Å². The third-order valence-corrected chi connectivity index (χ3v) is 3.50. The topological polar surface area (TPSA) is 89.4 Å². The number of pyridine rings is 1. The van der Waals surface area contributed by atoms with E-state index in [2.05, 4.69) is 10.1 Å². The van der Waals surface area contributed by atoms with Gasteiger partial charge in [-0.05, 0) is 18.2 Å². The predicted octanol–water partition coefficient (Wildman–Crippen LogP) is 3.85. The van der Waals surface area contributed by atoms with Gasteiger partial charge in [-0.2, -0.15) is 0 Å². The molecule has 0 fully saturated rings. The van der Waals surface area contributed by atoms with Gasteiger partial charge in [0.25, 0.3) is 5.71 Å². The number of hydrogen-bond acceptors (Lipinski definition) is 5. The molecule has 0 bridgehead atoms. The lowest BCUT2D eigenvalue weighted by Crippen LogP contribution is -2.00. The summed E-state index contributed by atoms with van der Waals surface area (Å²) in [5.74, 6) is -0.647. The van der Waals surface area contributed by atoms with Gasteiger partial charge in [0, 0.05) is 5.56 Å². The first-order valence-electron chi connectivity index (χ1n) is 6.87. The molecule has 0 spiro atoms. The van der Waals surface area contributed by atoms with E-state index < -0.39 is 5.97 Å². The maximum absolute atomic E-state index is 11.7. The van der Waals surface area contributed by atoms with Gasteiger partial charge >= 0.3 is 5.97 Å². The van der Waals surface area contributed by atoms with Gasteiger partial charge in [-0.1, -0.05) is 35.5 Å². The van der Waals surface area contributed by atoms with Gasteiger partial charge in [0.05, 0.1) is 22.9 Å². The van der Waals surface area contributed by atoms with E-state index in [1.165, 1.54) is 12.3 Å². The minimum atomic E-state index is -1.08. The number of aromatic carboxylic acids is 1. The monoisotopic (exact) mass is 306 g/mol. The summed E-state index contributed by atoms with van der Waals surface area (Å²) in [7, 11) is 0. The molecular formula is C17H10N2O4. The summed E-state index contributed by atoms with van der Waals surface area (Å²) in [6.07, 6.45) is 1.49.